The number of hydrogen-bond acceptors (Lipinski definition) is 16. The molecule has 9 aliphatic rings. The van der Waals surface area contributed by atoms with E-state index >= 15 is 0 Å². The van der Waals surface area contributed by atoms with E-state index in [4.69, 9.17) is 0 Å². The fourth-order valence-corrected chi connectivity index (χ4v) is 12.1. The van der Waals surface area contributed by atoms with Gasteiger partial charge in [0.05, 0.1) is 73.7 Å². The molecule has 49 heavy (non-hydrogen) atoms. The van der Waals surface area contributed by atoms with Crippen LogP contribution >= 0.6 is 0 Å². The Morgan fingerprint density at radius 1 is 0.265 bits per heavy atom. The Balaban J connectivity index is 0.00000348. The summed E-state index contributed by atoms with van der Waals surface area (Å²) in [5, 5.41) is 119. The molecule has 16 N–H and O–H groups in total. The van der Waals surface area contributed by atoms with Crippen molar-refractivity contribution in [2.24, 2.45) is 47.3 Å². The first kappa shape index (κ1) is 36.0. The van der Waals surface area contributed by atoms with Gasteiger partial charge in [0.1, 0.15) is 24.4 Å². The van der Waals surface area contributed by atoms with Crippen molar-refractivity contribution in [3.63, 3.8) is 0 Å². The van der Waals surface area contributed by atoms with E-state index in [2.05, 4.69) is 42.5 Å². The van der Waals surface area contributed by atoms with Crippen molar-refractivity contribution >= 4 is 0 Å². The third-order valence-corrected chi connectivity index (χ3v) is 14.4. The largest absolute Gasteiger partial charge is 0.390 e. The Bertz CT molecular complexity index is 1120. The van der Waals surface area contributed by atoms with Crippen molar-refractivity contribution < 1.29 is 60.3 Å². The number of fused-ring (bicyclic) bond motifs is 20. The van der Waals surface area contributed by atoms with Gasteiger partial charge in [0.2, 0.25) is 0 Å². The zero-order valence-electron chi connectivity index (χ0n) is 27.8. The number of rotatable bonds is 0. The molecule has 0 aromatic heterocycles. The second-order valence-electron chi connectivity index (χ2n) is 16.6. The molecule has 16 nitrogen and oxygen atoms in total. The molecule has 274 valence electrons. The van der Waals surface area contributed by atoms with Gasteiger partial charge in [0.15, 0.2) is 0 Å². The minimum atomic E-state index is -1.57. The molecule has 0 amide bonds. The normalized spacial score (nSPS) is 61.2. The first-order chi connectivity index (χ1) is 23.1. The van der Waals surface area contributed by atoms with E-state index < -0.39 is 97.2 Å². The van der Waals surface area contributed by atoms with Crippen molar-refractivity contribution in [2.45, 2.75) is 150 Å². The Morgan fingerprint density at radius 3 is 0.673 bits per heavy atom. The fourth-order valence-electron chi connectivity index (χ4n) is 12.1. The third kappa shape index (κ3) is 5.65. The second kappa shape index (κ2) is 13.7. The van der Waals surface area contributed by atoms with Gasteiger partial charge in [-0.25, -0.2) is 0 Å². The SMILES string of the molecule is OC1C(O)C(O)C2C3NC(NC4NC(NC5NC(NC6NC(N3)C3C(O)C(O)C(O)C(O)C63)C3CCCCC53)C3CCCCC43)C2C1O.[Zn]. The van der Waals surface area contributed by atoms with Gasteiger partial charge >= 0.3 is 0 Å². The molecule has 17 heteroatoms. The molecular formula is C32H56N8O8Zn. The van der Waals surface area contributed by atoms with Crippen LogP contribution in [0.15, 0.2) is 0 Å². The van der Waals surface area contributed by atoms with Crippen molar-refractivity contribution in [1.29, 1.82) is 0 Å². The van der Waals surface area contributed by atoms with E-state index in [0.717, 1.165) is 38.5 Å². The number of hydrogen-bond donors (Lipinski definition) is 16. The van der Waals surface area contributed by atoms with E-state index in [1.807, 2.05) is 0 Å². The van der Waals surface area contributed by atoms with Crippen LogP contribution in [0.5, 0.6) is 0 Å². The van der Waals surface area contributed by atoms with E-state index in [9.17, 15) is 40.9 Å². The van der Waals surface area contributed by atoms with Crippen LogP contribution in [-0.4, -0.2) is 139 Å². The average Bonchev–Trinajstić information content (AvgIpc) is 3.83. The molecule has 5 aliphatic heterocycles. The van der Waals surface area contributed by atoms with Crippen molar-refractivity contribution in [3.05, 3.63) is 0 Å². The first-order valence-electron chi connectivity index (χ1n) is 18.7. The molecule has 0 aromatic rings. The van der Waals surface area contributed by atoms with Crippen LogP contribution in [0.1, 0.15) is 51.4 Å². The molecule has 24 unspecified atom stereocenters. The Hall–Kier alpha value is -0.0166. The Labute approximate surface area is 299 Å². The van der Waals surface area contributed by atoms with Crippen LogP contribution in [-0.2, 0) is 19.5 Å². The molecule has 24 atom stereocenters. The molecule has 5 heterocycles. The number of aliphatic hydroxyl groups is 8. The maximum atomic E-state index is 11.4. The maximum Gasteiger partial charge on any atom is 0.109 e. The van der Waals surface area contributed by atoms with E-state index in [1.165, 1.54) is 12.8 Å². The summed E-state index contributed by atoms with van der Waals surface area (Å²) >= 11 is 0. The second-order valence-corrected chi connectivity index (χ2v) is 16.6. The Morgan fingerprint density at radius 2 is 0.449 bits per heavy atom. The predicted octanol–water partition coefficient (Wildman–Crippen LogP) is -5.63. The number of aliphatic hydroxyl groups excluding tert-OH is 8. The van der Waals surface area contributed by atoms with Gasteiger partial charge in [-0.3, -0.25) is 42.5 Å². The van der Waals surface area contributed by atoms with E-state index in [-0.39, 0.29) is 44.1 Å². The summed E-state index contributed by atoms with van der Waals surface area (Å²) in [6.07, 6.45) is -5.30. The standard InChI is InChI=1S/C32H56N8O8.Zn/c41-17-13-15(19(43)23(47)21(17)45)31-38-29(13)36-27-11-7-3-1-5-9(11)25(34-27)33-26-10-6-2-4-8-12(10)28(35-26)37-30-14-16(32(39-30)40-31)20(44)24(48)22(46)18(14)42;/h9-48H,1-8H2;. The van der Waals surface area contributed by atoms with Gasteiger partial charge in [-0.15, -0.1) is 0 Å². The molecule has 0 spiro atoms. The molecule has 9 rings (SSSR count). The summed E-state index contributed by atoms with van der Waals surface area (Å²) in [6.45, 7) is 0. The van der Waals surface area contributed by atoms with Crippen LogP contribution in [0.25, 0.3) is 0 Å². The summed E-state index contributed by atoms with van der Waals surface area (Å²) in [5.41, 5.74) is 0. The van der Waals surface area contributed by atoms with Crippen LogP contribution in [0.2, 0.25) is 0 Å². The van der Waals surface area contributed by atoms with Gasteiger partial charge in [-0.2, -0.15) is 0 Å². The summed E-state index contributed by atoms with van der Waals surface area (Å²) in [5.74, 6) is -1.36. The molecule has 5 saturated heterocycles. The summed E-state index contributed by atoms with van der Waals surface area (Å²) in [6, 6.07) is 0. The number of nitrogens with one attached hydrogen (secondary N) is 8. The maximum absolute atomic E-state index is 11.4. The van der Waals surface area contributed by atoms with E-state index in [1.54, 1.807) is 0 Å². The Kier molecular flexibility index (Phi) is 10.0. The van der Waals surface area contributed by atoms with Crippen LogP contribution in [0.4, 0.5) is 0 Å². The van der Waals surface area contributed by atoms with Crippen LogP contribution in [0.3, 0.4) is 0 Å². The zero-order valence-corrected chi connectivity index (χ0v) is 30.8. The molecule has 4 saturated carbocycles. The first-order valence-corrected chi connectivity index (χ1v) is 18.7. The molecule has 0 aromatic carbocycles. The van der Waals surface area contributed by atoms with Gasteiger partial charge in [-0.1, -0.05) is 25.7 Å². The minimum Gasteiger partial charge on any atom is -0.390 e. The summed E-state index contributed by atoms with van der Waals surface area (Å²) in [4.78, 5) is 0. The van der Waals surface area contributed by atoms with Gasteiger partial charge in [0.25, 0.3) is 0 Å². The molecule has 8 bridgehead atoms. The topological polar surface area (TPSA) is 258 Å². The smallest absolute Gasteiger partial charge is 0.109 e. The zero-order chi connectivity index (χ0) is 33.2. The van der Waals surface area contributed by atoms with E-state index in [0.29, 0.717) is 23.7 Å². The van der Waals surface area contributed by atoms with Gasteiger partial charge in [0, 0.05) is 43.1 Å². The summed E-state index contributed by atoms with van der Waals surface area (Å²) in [7, 11) is 0. The molecular weight excluding hydrogens is 690 g/mol. The average molecular weight is 746 g/mol. The molecule has 4 aliphatic carbocycles. The van der Waals surface area contributed by atoms with Gasteiger partial charge < -0.3 is 40.9 Å². The summed E-state index contributed by atoms with van der Waals surface area (Å²) < 4.78 is 0. The monoisotopic (exact) mass is 744 g/mol. The van der Waals surface area contributed by atoms with Crippen molar-refractivity contribution in [1.82, 2.24) is 42.5 Å². The predicted molar refractivity (Wildman–Crippen MR) is 168 cm³/mol. The van der Waals surface area contributed by atoms with Crippen molar-refractivity contribution in [3.8, 4) is 0 Å². The van der Waals surface area contributed by atoms with Crippen LogP contribution in [0, 0.1) is 47.3 Å². The third-order valence-electron chi connectivity index (χ3n) is 14.4. The quantitative estimate of drug-likeness (QED) is 0.103. The van der Waals surface area contributed by atoms with Gasteiger partial charge in [-0.05, 0) is 49.4 Å². The minimum absolute atomic E-state index is 0. The fraction of sp³-hybridized carbons (Fsp3) is 1.00. The molecule has 9 fully saturated rings. The van der Waals surface area contributed by atoms with Crippen molar-refractivity contribution in [2.75, 3.05) is 0 Å². The molecule has 0 radical (unpaired) electrons. The van der Waals surface area contributed by atoms with Crippen LogP contribution < -0.4 is 42.5 Å².